The first-order valence-corrected chi connectivity index (χ1v) is 14.8. The topological polar surface area (TPSA) is 253 Å². The van der Waals surface area contributed by atoms with E-state index in [2.05, 4.69) is 30.9 Å². The third-order valence-corrected chi connectivity index (χ3v) is 8.61. The average Bonchev–Trinajstić information content (AvgIpc) is 3.58. The summed E-state index contributed by atoms with van der Waals surface area (Å²) in [5.41, 5.74) is 4.81. The van der Waals surface area contributed by atoms with Crippen LogP contribution >= 0.6 is 23.1 Å². The molecule has 6 N–H and O–H groups in total. The smallest absolute Gasteiger partial charge is 0.352 e. The van der Waals surface area contributed by atoms with Crippen LogP contribution in [0.4, 0.5) is 5.13 Å². The standard InChI is InChI=1S/C24H26N10O8S2/c1-9(2)19(13-4-14(35)15(36)6-32(13)41)42-30-16(12-8-44-24(25)26-12)20(37)27-17-21(38)34-18(23(39)40)11(7-43-22(17)34)5-33-29-10(3)28-31-33/h4,6,8-9,17,19,22,36,41H,5,7H2,1-3H3,(H2,25,26)(H,27,37)(H,39,40)/b30-16-/t17-,19?,22-/m1/s1. The molecule has 20 heteroatoms. The maximum absolute atomic E-state index is 13.5. The highest BCUT2D eigenvalue weighted by atomic mass is 32.2. The molecule has 18 nitrogen and oxygen atoms in total. The fourth-order valence-electron chi connectivity index (χ4n) is 4.54. The van der Waals surface area contributed by atoms with E-state index in [0.717, 1.165) is 28.5 Å². The predicted octanol–water partition coefficient (Wildman–Crippen LogP) is -0.318. The lowest BCUT2D eigenvalue weighted by Gasteiger charge is -2.49. The summed E-state index contributed by atoms with van der Waals surface area (Å²) in [6.07, 6.45) is -0.258. The molecule has 1 saturated heterocycles. The number of carbonyl (C=O) groups is 3. The molecule has 0 radical (unpaired) electrons. The van der Waals surface area contributed by atoms with E-state index in [1.165, 1.54) is 21.9 Å². The number of carbonyl (C=O) groups excluding carboxylic acids is 2. The van der Waals surface area contributed by atoms with Crippen molar-refractivity contribution in [1.82, 2.24) is 40.1 Å². The number of aryl methyl sites for hydroxylation is 1. The zero-order valence-corrected chi connectivity index (χ0v) is 24.9. The van der Waals surface area contributed by atoms with Crippen molar-refractivity contribution in [2.24, 2.45) is 11.1 Å². The number of tetrazole rings is 1. The molecule has 0 bridgehead atoms. The van der Waals surface area contributed by atoms with Crippen LogP contribution in [-0.4, -0.2) is 90.9 Å². The van der Waals surface area contributed by atoms with Gasteiger partial charge < -0.3 is 31.3 Å². The van der Waals surface area contributed by atoms with Gasteiger partial charge in [-0.15, -0.1) is 33.3 Å². The summed E-state index contributed by atoms with van der Waals surface area (Å²) in [6.45, 7) is 5.07. The Kier molecular flexibility index (Phi) is 8.28. The number of nitrogens with two attached hydrogens (primary N) is 1. The van der Waals surface area contributed by atoms with E-state index in [9.17, 15) is 34.6 Å². The number of β-lactam (4-membered cyclic amide) rings is 1. The van der Waals surface area contributed by atoms with Crippen molar-refractivity contribution in [2.75, 3.05) is 11.5 Å². The van der Waals surface area contributed by atoms with Crippen molar-refractivity contribution in [2.45, 2.75) is 44.8 Å². The quantitative estimate of drug-likeness (QED) is 0.0819. The number of aromatic nitrogens is 6. The summed E-state index contributed by atoms with van der Waals surface area (Å²) in [7, 11) is 0. The highest BCUT2D eigenvalue weighted by Crippen LogP contribution is 2.40. The van der Waals surface area contributed by atoms with Crippen molar-refractivity contribution >= 4 is 51.7 Å². The number of anilines is 1. The van der Waals surface area contributed by atoms with Crippen LogP contribution in [0.2, 0.25) is 0 Å². The molecule has 2 aliphatic heterocycles. The van der Waals surface area contributed by atoms with Crippen LogP contribution in [0.25, 0.3) is 0 Å². The Labute approximate surface area is 255 Å². The van der Waals surface area contributed by atoms with Crippen LogP contribution in [-0.2, 0) is 25.8 Å². The van der Waals surface area contributed by atoms with E-state index < -0.39 is 52.4 Å². The first kappa shape index (κ1) is 30.5. The highest BCUT2D eigenvalue weighted by molar-refractivity contribution is 8.00. The third kappa shape index (κ3) is 5.80. The number of nitrogens with zero attached hydrogens (tertiary/aromatic N) is 8. The number of carboxylic acids is 1. The zero-order valence-electron chi connectivity index (χ0n) is 23.3. The fraction of sp³-hybridized carbons (Fsp3) is 0.375. The summed E-state index contributed by atoms with van der Waals surface area (Å²) in [5.74, 6) is -3.27. The molecule has 0 saturated carbocycles. The number of fused-ring (bicyclic) bond motifs is 1. The summed E-state index contributed by atoms with van der Waals surface area (Å²) in [6, 6.07) is -0.128. The summed E-state index contributed by atoms with van der Waals surface area (Å²) < 4.78 is 0.515. The molecule has 5 heterocycles. The van der Waals surface area contributed by atoms with Crippen LogP contribution in [0.3, 0.4) is 0 Å². The van der Waals surface area contributed by atoms with Gasteiger partial charge in [0.25, 0.3) is 11.8 Å². The zero-order chi connectivity index (χ0) is 31.9. The normalized spacial score (nSPS) is 19.0. The first-order valence-electron chi connectivity index (χ1n) is 12.9. The number of amides is 2. The molecule has 3 aromatic heterocycles. The lowest BCUT2D eigenvalue weighted by molar-refractivity contribution is -0.150. The number of carboxylic acid groups (broad SMARTS) is 1. The first-order chi connectivity index (χ1) is 20.8. The monoisotopic (exact) mass is 646 g/mol. The van der Waals surface area contributed by atoms with E-state index in [1.807, 2.05) is 0 Å². The second-order valence-electron chi connectivity index (χ2n) is 10.1. The minimum atomic E-state index is -1.31. The number of hydrogen-bond acceptors (Lipinski definition) is 15. The number of thiazole rings is 1. The molecule has 3 aromatic rings. The molecule has 0 aliphatic carbocycles. The second kappa shape index (κ2) is 12.0. The lowest BCUT2D eigenvalue weighted by atomic mass is 10.0. The number of nitrogens with one attached hydrogen (secondary N) is 1. The molecular weight excluding hydrogens is 620 g/mol. The summed E-state index contributed by atoms with van der Waals surface area (Å²) >= 11 is 2.28. The summed E-state index contributed by atoms with van der Waals surface area (Å²) in [4.78, 5) is 63.0. The second-order valence-corrected chi connectivity index (χ2v) is 12.1. The summed E-state index contributed by atoms with van der Waals surface area (Å²) in [5, 5.41) is 49.0. The van der Waals surface area contributed by atoms with Crippen LogP contribution in [0.5, 0.6) is 5.75 Å². The van der Waals surface area contributed by atoms with Crippen LogP contribution in [0, 0.1) is 12.8 Å². The van der Waals surface area contributed by atoms with Gasteiger partial charge >= 0.3 is 5.97 Å². The van der Waals surface area contributed by atoms with Gasteiger partial charge in [0.1, 0.15) is 28.5 Å². The van der Waals surface area contributed by atoms with Gasteiger partial charge in [0.2, 0.25) is 5.43 Å². The molecule has 5 rings (SSSR count). The number of hydrogen-bond donors (Lipinski definition) is 5. The molecule has 232 valence electrons. The van der Waals surface area contributed by atoms with Crippen molar-refractivity contribution in [3.63, 3.8) is 0 Å². The van der Waals surface area contributed by atoms with Crippen molar-refractivity contribution in [3.05, 3.63) is 56.3 Å². The maximum atomic E-state index is 13.5. The highest BCUT2D eigenvalue weighted by Gasteiger charge is 2.54. The van der Waals surface area contributed by atoms with E-state index in [0.29, 0.717) is 16.1 Å². The molecule has 0 spiro atoms. The van der Waals surface area contributed by atoms with Crippen molar-refractivity contribution < 1.29 is 34.6 Å². The number of aliphatic carboxylic acids is 1. The van der Waals surface area contributed by atoms with Gasteiger partial charge in [-0.25, -0.2) is 9.78 Å². The van der Waals surface area contributed by atoms with E-state index in [1.54, 1.807) is 20.8 Å². The van der Waals surface area contributed by atoms with Gasteiger partial charge in [-0.1, -0.05) is 19.0 Å². The van der Waals surface area contributed by atoms with Gasteiger partial charge in [-0.3, -0.25) is 19.3 Å². The Morgan fingerprint density at radius 3 is 2.68 bits per heavy atom. The van der Waals surface area contributed by atoms with Crippen molar-refractivity contribution in [1.29, 1.82) is 0 Å². The van der Waals surface area contributed by atoms with Gasteiger partial charge in [0, 0.05) is 17.2 Å². The largest absolute Gasteiger partial charge is 0.503 e. The van der Waals surface area contributed by atoms with Crippen LogP contribution in [0.15, 0.2) is 38.9 Å². The van der Waals surface area contributed by atoms with Crippen molar-refractivity contribution in [3.8, 4) is 5.75 Å². The number of aromatic hydroxyl groups is 1. The molecule has 1 unspecified atom stereocenters. The third-order valence-electron chi connectivity index (χ3n) is 6.60. The number of thioether (sulfide) groups is 1. The lowest BCUT2D eigenvalue weighted by Crippen LogP contribution is -2.71. The van der Waals surface area contributed by atoms with E-state index >= 15 is 0 Å². The molecule has 2 amide bonds. The number of rotatable bonds is 10. The molecular formula is C24H26N10O8S2. The Morgan fingerprint density at radius 2 is 2.07 bits per heavy atom. The maximum Gasteiger partial charge on any atom is 0.352 e. The minimum absolute atomic E-state index is 0.0160. The number of nitrogen functional groups attached to an aromatic ring is 1. The number of pyridine rings is 1. The van der Waals surface area contributed by atoms with Gasteiger partial charge in [-0.05, 0) is 23.6 Å². The molecule has 44 heavy (non-hydrogen) atoms. The molecule has 0 aromatic carbocycles. The van der Waals surface area contributed by atoms with E-state index in [4.69, 9.17) is 10.6 Å². The fourth-order valence-corrected chi connectivity index (χ4v) is 6.43. The average molecular weight is 647 g/mol. The number of oxime groups is 1. The Balaban J connectivity index is 1.39. The molecule has 1 fully saturated rings. The van der Waals surface area contributed by atoms with Crippen LogP contribution in [0.1, 0.15) is 37.2 Å². The minimum Gasteiger partial charge on any atom is -0.503 e. The SMILES string of the molecule is Cc1nnn(CC2=C(C(=O)O)N3C(=O)[C@@H](NC(=O)/C(=N\OC(c4cc(=O)c(O)cn4O)C(C)C)c4csc(N)n4)[C@H]3SC2)n1. The van der Waals surface area contributed by atoms with E-state index in [-0.39, 0.29) is 40.2 Å². The molecule has 2 aliphatic rings. The van der Waals surface area contributed by atoms with Gasteiger partial charge in [0.05, 0.1) is 12.7 Å². The Bertz CT molecular complexity index is 1760. The van der Waals surface area contributed by atoms with Gasteiger partial charge in [-0.2, -0.15) is 9.53 Å². The Hall–Kier alpha value is -4.98. The molecule has 3 atom stereocenters. The van der Waals surface area contributed by atoms with Gasteiger partial charge in [0.15, 0.2) is 28.5 Å². The Morgan fingerprint density at radius 1 is 1.32 bits per heavy atom. The van der Waals surface area contributed by atoms with Crippen LogP contribution < -0.4 is 16.5 Å². The predicted molar refractivity (Wildman–Crippen MR) is 154 cm³/mol.